The van der Waals surface area contributed by atoms with Crippen molar-refractivity contribution < 1.29 is 0 Å². The number of aromatic nitrogens is 3. The van der Waals surface area contributed by atoms with E-state index in [1.54, 1.807) is 0 Å². The van der Waals surface area contributed by atoms with E-state index in [2.05, 4.69) is 60.8 Å². The van der Waals surface area contributed by atoms with E-state index in [0.717, 1.165) is 27.9 Å². The van der Waals surface area contributed by atoms with Gasteiger partial charge in [0.25, 0.3) is 0 Å². The smallest absolute Gasteiger partial charge is 0.160 e. The van der Waals surface area contributed by atoms with Gasteiger partial charge in [-0.2, -0.15) is 0 Å². The highest BCUT2D eigenvalue weighted by Crippen LogP contribution is 2.52. The van der Waals surface area contributed by atoms with Gasteiger partial charge in [0.2, 0.25) is 0 Å². The van der Waals surface area contributed by atoms with Gasteiger partial charge >= 0.3 is 0 Å². The molecule has 4 rings (SSSR count). The van der Waals surface area contributed by atoms with Crippen molar-refractivity contribution in [2.24, 2.45) is 0 Å². The fraction of sp³-hybridized carbons (Fsp3) is 0.250. The monoisotopic (exact) mass is 361 g/mol. The number of nitrogens with zero attached hydrogens (tertiary/aromatic N) is 3. The van der Waals surface area contributed by atoms with Gasteiger partial charge in [-0.25, -0.2) is 9.97 Å². The molecule has 2 aromatic heterocycles. The summed E-state index contributed by atoms with van der Waals surface area (Å²) in [5, 5.41) is 0. The minimum Gasteiger partial charge on any atom is -0.308 e. The first-order valence-corrected chi connectivity index (χ1v) is 8.24. The molecule has 0 amide bonds. The van der Waals surface area contributed by atoms with Crippen LogP contribution >= 0.6 is 27.5 Å². The molecule has 1 aliphatic rings. The van der Waals surface area contributed by atoms with Crippen LogP contribution in [0.15, 0.2) is 47.1 Å². The van der Waals surface area contributed by atoms with Crippen LogP contribution in [0.4, 0.5) is 0 Å². The lowest BCUT2D eigenvalue weighted by molar-refractivity contribution is 0.700. The van der Waals surface area contributed by atoms with Gasteiger partial charge in [0, 0.05) is 22.6 Å². The molecule has 0 N–H and O–H groups in total. The van der Waals surface area contributed by atoms with Crippen LogP contribution in [-0.4, -0.2) is 14.5 Å². The van der Waals surface area contributed by atoms with Gasteiger partial charge in [0.05, 0.1) is 5.88 Å². The summed E-state index contributed by atoms with van der Waals surface area (Å²) < 4.78 is 3.16. The average molecular weight is 363 g/mol. The van der Waals surface area contributed by atoms with Crippen LogP contribution < -0.4 is 0 Å². The maximum atomic E-state index is 6.09. The van der Waals surface area contributed by atoms with Gasteiger partial charge in [-0.05, 0) is 34.0 Å². The standard InChI is InChI=1S/C16H13BrClN3/c17-11-6-13-16(19-9-11)21(15(8-18)20-13)14-7-12(14)10-4-2-1-3-5-10/h1-6,9,12,14H,7-8H2. The maximum absolute atomic E-state index is 6.09. The molecule has 2 heterocycles. The van der Waals surface area contributed by atoms with Crippen LogP contribution in [0.2, 0.25) is 0 Å². The lowest BCUT2D eigenvalue weighted by atomic mass is 10.1. The summed E-state index contributed by atoms with van der Waals surface area (Å²) in [6, 6.07) is 13.0. The first-order chi connectivity index (χ1) is 10.3. The predicted molar refractivity (Wildman–Crippen MR) is 87.6 cm³/mol. The third kappa shape index (κ3) is 2.27. The molecule has 1 saturated carbocycles. The second kappa shape index (κ2) is 5.11. The van der Waals surface area contributed by atoms with Crippen LogP contribution in [0, 0.1) is 0 Å². The summed E-state index contributed by atoms with van der Waals surface area (Å²) >= 11 is 9.53. The van der Waals surface area contributed by atoms with Crippen LogP contribution in [0.1, 0.15) is 29.8 Å². The maximum Gasteiger partial charge on any atom is 0.160 e. The highest BCUT2D eigenvalue weighted by Gasteiger charge is 2.42. The Hall–Kier alpha value is -1.39. The molecule has 3 aromatic rings. The number of imidazole rings is 1. The van der Waals surface area contributed by atoms with Crippen molar-refractivity contribution in [3.63, 3.8) is 0 Å². The van der Waals surface area contributed by atoms with Crippen LogP contribution in [0.25, 0.3) is 11.2 Å². The number of hydrogen-bond acceptors (Lipinski definition) is 2. The molecule has 1 aliphatic carbocycles. The minimum absolute atomic E-state index is 0.409. The number of hydrogen-bond donors (Lipinski definition) is 0. The van der Waals surface area contributed by atoms with E-state index in [1.807, 2.05) is 12.3 Å². The summed E-state index contributed by atoms with van der Waals surface area (Å²) in [5.74, 6) is 1.85. The zero-order valence-electron chi connectivity index (χ0n) is 11.2. The van der Waals surface area contributed by atoms with E-state index in [1.165, 1.54) is 5.56 Å². The second-order valence-electron chi connectivity index (χ2n) is 5.35. The third-order valence-corrected chi connectivity index (χ3v) is 4.68. The SMILES string of the molecule is ClCc1nc2cc(Br)cnc2n1C1CC1c1ccccc1. The first-order valence-electron chi connectivity index (χ1n) is 6.91. The Bertz CT molecular complexity index is 800. The van der Waals surface area contributed by atoms with Gasteiger partial charge in [0.1, 0.15) is 11.3 Å². The molecule has 0 bridgehead atoms. The van der Waals surface area contributed by atoms with E-state index < -0.39 is 0 Å². The Morgan fingerprint density at radius 2 is 2.10 bits per heavy atom. The zero-order chi connectivity index (χ0) is 14.4. The van der Waals surface area contributed by atoms with E-state index in [9.17, 15) is 0 Å². The van der Waals surface area contributed by atoms with Gasteiger partial charge in [-0.15, -0.1) is 11.6 Å². The molecule has 3 nitrogen and oxygen atoms in total. The van der Waals surface area contributed by atoms with Crippen molar-refractivity contribution in [1.29, 1.82) is 0 Å². The van der Waals surface area contributed by atoms with Gasteiger partial charge < -0.3 is 4.57 Å². The molecule has 106 valence electrons. The predicted octanol–water partition coefficient (Wildman–Crippen LogP) is 4.66. The molecule has 0 aliphatic heterocycles. The van der Waals surface area contributed by atoms with Crippen molar-refractivity contribution in [3.8, 4) is 0 Å². The average Bonchev–Trinajstić information content (AvgIpc) is 3.22. The molecule has 0 radical (unpaired) electrons. The van der Waals surface area contributed by atoms with E-state index >= 15 is 0 Å². The highest BCUT2D eigenvalue weighted by molar-refractivity contribution is 9.10. The summed E-state index contributed by atoms with van der Waals surface area (Å²) in [7, 11) is 0. The van der Waals surface area contributed by atoms with Crippen LogP contribution in [0.5, 0.6) is 0 Å². The Labute approximate surface area is 136 Å². The summed E-state index contributed by atoms with van der Waals surface area (Å²) in [4.78, 5) is 9.15. The summed E-state index contributed by atoms with van der Waals surface area (Å²) in [5.41, 5.74) is 3.21. The number of fused-ring (bicyclic) bond motifs is 1. The number of benzene rings is 1. The van der Waals surface area contributed by atoms with Crippen LogP contribution in [0.3, 0.4) is 0 Å². The molecule has 5 heteroatoms. The first kappa shape index (κ1) is 13.3. The normalized spacial score (nSPS) is 20.9. The van der Waals surface area contributed by atoms with E-state index in [-0.39, 0.29) is 0 Å². The molecular weight excluding hydrogens is 350 g/mol. The highest BCUT2D eigenvalue weighted by atomic mass is 79.9. The number of pyridine rings is 1. The zero-order valence-corrected chi connectivity index (χ0v) is 13.5. The lowest BCUT2D eigenvalue weighted by Crippen LogP contribution is -2.02. The topological polar surface area (TPSA) is 30.7 Å². The Morgan fingerprint density at radius 1 is 1.29 bits per heavy atom. The van der Waals surface area contributed by atoms with Crippen molar-refractivity contribution in [1.82, 2.24) is 14.5 Å². The molecule has 2 unspecified atom stereocenters. The minimum atomic E-state index is 0.409. The fourth-order valence-corrected chi connectivity index (χ4v) is 3.48. The lowest BCUT2D eigenvalue weighted by Gasteiger charge is -2.07. The quantitative estimate of drug-likeness (QED) is 0.634. The molecule has 21 heavy (non-hydrogen) atoms. The molecule has 2 atom stereocenters. The summed E-state index contributed by atoms with van der Waals surface area (Å²) in [6.45, 7) is 0. The van der Waals surface area contributed by atoms with Crippen molar-refractivity contribution in [2.45, 2.75) is 24.3 Å². The molecule has 1 aromatic carbocycles. The third-order valence-electron chi connectivity index (χ3n) is 4.01. The molecule has 1 fully saturated rings. The largest absolute Gasteiger partial charge is 0.308 e. The molecule has 0 spiro atoms. The molecular formula is C16H13BrClN3. The van der Waals surface area contributed by atoms with E-state index in [0.29, 0.717) is 17.8 Å². The van der Waals surface area contributed by atoms with Crippen LogP contribution in [-0.2, 0) is 5.88 Å². The van der Waals surface area contributed by atoms with Gasteiger partial charge in [-0.3, -0.25) is 0 Å². The van der Waals surface area contributed by atoms with Crippen molar-refractivity contribution in [2.75, 3.05) is 0 Å². The van der Waals surface area contributed by atoms with Gasteiger partial charge in [0.15, 0.2) is 5.65 Å². The Kier molecular flexibility index (Phi) is 3.23. The number of rotatable bonds is 3. The Balaban J connectivity index is 1.77. The fourth-order valence-electron chi connectivity index (χ4n) is 2.97. The Morgan fingerprint density at radius 3 is 2.86 bits per heavy atom. The van der Waals surface area contributed by atoms with E-state index in [4.69, 9.17) is 11.6 Å². The van der Waals surface area contributed by atoms with Gasteiger partial charge in [-0.1, -0.05) is 30.3 Å². The molecule has 0 saturated heterocycles. The second-order valence-corrected chi connectivity index (χ2v) is 6.53. The van der Waals surface area contributed by atoms with Crippen molar-refractivity contribution >= 4 is 38.7 Å². The summed E-state index contributed by atoms with van der Waals surface area (Å²) in [6.07, 6.45) is 2.94. The number of alkyl halides is 1. The van der Waals surface area contributed by atoms with Crippen molar-refractivity contribution in [3.05, 3.63) is 58.5 Å². The number of halogens is 2.